The molecular weight excluding hydrogens is 152 g/mol. The van der Waals surface area contributed by atoms with Crippen LogP contribution in [0.1, 0.15) is 18.5 Å². The molecule has 2 N–H and O–H groups in total. The molecule has 0 aromatic carbocycles. The SMILES string of the molecule is O=C1CCC(=Cc2ccc[nH]2)N1. The van der Waals surface area contributed by atoms with E-state index in [0.717, 1.165) is 17.8 Å². The van der Waals surface area contributed by atoms with Gasteiger partial charge in [-0.15, -0.1) is 0 Å². The molecule has 0 atom stereocenters. The highest BCUT2D eigenvalue weighted by atomic mass is 16.1. The van der Waals surface area contributed by atoms with Crippen LogP contribution in [0.25, 0.3) is 6.08 Å². The Morgan fingerprint density at radius 1 is 1.42 bits per heavy atom. The number of hydrogen-bond acceptors (Lipinski definition) is 1. The number of rotatable bonds is 1. The topological polar surface area (TPSA) is 44.9 Å². The standard InChI is InChI=1S/C9H10N2O/c12-9-4-3-8(11-9)6-7-2-1-5-10-7/h1-2,5-6,10H,3-4H2,(H,11,12). The van der Waals surface area contributed by atoms with E-state index in [4.69, 9.17) is 0 Å². The first-order chi connectivity index (χ1) is 5.84. The highest BCUT2D eigenvalue weighted by Gasteiger charge is 2.13. The molecule has 0 bridgehead atoms. The van der Waals surface area contributed by atoms with E-state index in [1.807, 2.05) is 24.4 Å². The van der Waals surface area contributed by atoms with Gasteiger partial charge >= 0.3 is 0 Å². The Bertz CT molecular complexity index is 311. The van der Waals surface area contributed by atoms with E-state index in [0.29, 0.717) is 6.42 Å². The quantitative estimate of drug-likeness (QED) is 0.641. The van der Waals surface area contributed by atoms with E-state index in [1.165, 1.54) is 0 Å². The van der Waals surface area contributed by atoms with Crippen LogP contribution in [0.3, 0.4) is 0 Å². The number of nitrogens with one attached hydrogen (secondary N) is 2. The fourth-order valence-corrected chi connectivity index (χ4v) is 1.28. The van der Waals surface area contributed by atoms with Crippen LogP contribution in [-0.4, -0.2) is 10.9 Å². The molecule has 3 heteroatoms. The second kappa shape index (κ2) is 2.85. The maximum Gasteiger partial charge on any atom is 0.224 e. The number of H-pyrrole nitrogens is 1. The second-order valence-electron chi connectivity index (χ2n) is 2.84. The van der Waals surface area contributed by atoms with Gasteiger partial charge in [0.25, 0.3) is 0 Å². The summed E-state index contributed by atoms with van der Waals surface area (Å²) in [5.74, 6) is 0.118. The lowest BCUT2D eigenvalue weighted by atomic mass is 10.2. The minimum atomic E-state index is 0.118. The molecule has 12 heavy (non-hydrogen) atoms. The van der Waals surface area contributed by atoms with Gasteiger partial charge in [-0.25, -0.2) is 0 Å². The van der Waals surface area contributed by atoms with Crippen molar-refractivity contribution in [1.29, 1.82) is 0 Å². The highest BCUT2D eigenvalue weighted by molar-refractivity contribution is 5.82. The summed E-state index contributed by atoms with van der Waals surface area (Å²) in [6, 6.07) is 3.90. The molecule has 2 heterocycles. The largest absolute Gasteiger partial charge is 0.362 e. The summed E-state index contributed by atoms with van der Waals surface area (Å²) in [4.78, 5) is 13.9. The summed E-state index contributed by atoms with van der Waals surface area (Å²) < 4.78 is 0. The third-order valence-electron chi connectivity index (χ3n) is 1.87. The molecule has 1 amide bonds. The van der Waals surface area contributed by atoms with Gasteiger partial charge in [0.15, 0.2) is 0 Å². The fraction of sp³-hybridized carbons (Fsp3) is 0.222. The normalized spacial score (nSPS) is 20.0. The summed E-state index contributed by atoms with van der Waals surface area (Å²) in [5, 5.41) is 2.79. The molecular formula is C9H10N2O. The first-order valence-corrected chi connectivity index (χ1v) is 3.98. The van der Waals surface area contributed by atoms with Crippen molar-refractivity contribution in [3.05, 3.63) is 29.7 Å². The molecule has 1 aromatic heterocycles. The van der Waals surface area contributed by atoms with Crippen LogP contribution in [-0.2, 0) is 4.79 Å². The molecule has 2 rings (SSSR count). The van der Waals surface area contributed by atoms with Crippen molar-refractivity contribution in [1.82, 2.24) is 10.3 Å². The lowest BCUT2D eigenvalue weighted by Gasteiger charge is -1.94. The predicted molar refractivity (Wildman–Crippen MR) is 46.1 cm³/mol. The van der Waals surface area contributed by atoms with E-state index < -0.39 is 0 Å². The maximum atomic E-state index is 10.8. The number of allylic oxidation sites excluding steroid dienone is 1. The molecule has 1 saturated heterocycles. The Morgan fingerprint density at radius 2 is 2.33 bits per heavy atom. The van der Waals surface area contributed by atoms with Crippen LogP contribution in [0, 0.1) is 0 Å². The van der Waals surface area contributed by atoms with E-state index >= 15 is 0 Å². The van der Waals surface area contributed by atoms with Gasteiger partial charge in [-0.2, -0.15) is 0 Å². The predicted octanol–water partition coefficient (Wildman–Crippen LogP) is 1.27. The van der Waals surface area contributed by atoms with E-state index in [1.54, 1.807) is 0 Å². The Balaban J connectivity index is 2.15. The van der Waals surface area contributed by atoms with Crippen molar-refractivity contribution in [3.8, 4) is 0 Å². The first kappa shape index (κ1) is 7.16. The number of carbonyl (C=O) groups is 1. The van der Waals surface area contributed by atoms with Gasteiger partial charge < -0.3 is 10.3 Å². The zero-order valence-corrected chi connectivity index (χ0v) is 6.63. The summed E-state index contributed by atoms with van der Waals surface area (Å²) in [5.41, 5.74) is 2.04. The van der Waals surface area contributed by atoms with Crippen molar-refractivity contribution in [2.24, 2.45) is 0 Å². The highest BCUT2D eigenvalue weighted by Crippen LogP contribution is 2.13. The molecule has 0 radical (unpaired) electrons. The first-order valence-electron chi connectivity index (χ1n) is 3.98. The van der Waals surface area contributed by atoms with Crippen molar-refractivity contribution >= 4 is 12.0 Å². The third kappa shape index (κ3) is 1.39. The monoisotopic (exact) mass is 162 g/mol. The molecule has 3 nitrogen and oxygen atoms in total. The van der Waals surface area contributed by atoms with Crippen LogP contribution < -0.4 is 5.32 Å². The smallest absolute Gasteiger partial charge is 0.224 e. The van der Waals surface area contributed by atoms with E-state index in [-0.39, 0.29) is 5.91 Å². The number of amides is 1. The van der Waals surface area contributed by atoms with Crippen LogP contribution in [0.15, 0.2) is 24.0 Å². The minimum absolute atomic E-state index is 0.118. The Kier molecular flexibility index (Phi) is 1.70. The van der Waals surface area contributed by atoms with Crippen molar-refractivity contribution in [2.45, 2.75) is 12.8 Å². The minimum Gasteiger partial charge on any atom is -0.362 e. The molecule has 1 aliphatic heterocycles. The summed E-state index contributed by atoms with van der Waals surface area (Å²) in [7, 11) is 0. The molecule has 1 aromatic rings. The number of aromatic amines is 1. The van der Waals surface area contributed by atoms with Gasteiger partial charge in [0.2, 0.25) is 5.91 Å². The molecule has 0 aliphatic carbocycles. The van der Waals surface area contributed by atoms with Gasteiger partial charge in [0, 0.05) is 24.0 Å². The lowest BCUT2D eigenvalue weighted by Crippen LogP contribution is -2.11. The van der Waals surface area contributed by atoms with E-state index in [2.05, 4.69) is 10.3 Å². The summed E-state index contributed by atoms with van der Waals surface area (Å²) in [6.07, 6.45) is 5.28. The third-order valence-corrected chi connectivity index (χ3v) is 1.87. The number of aromatic nitrogens is 1. The molecule has 62 valence electrons. The Hall–Kier alpha value is -1.51. The van der Waals surface area contributed by atoms with E-state index in [9.17, 15) is 4.79 Å². The van der Waals surface area contributed by atoms with Crippen molar-refractivity contribution in [2.75, 3.05) is 0 Å². The Morgan fingerprint density at radius 3 is 2.92 bits per heavy atom. The second-order valence-corrected chi connectivity index (χ2v) is 2.84. The fourth-order valence-electron chi connectivity index (χ4n) is 1.28. The van der Waals surface area contributed by atoms with Gasteiger partial charge in [0.1, 0.15) is 0 Å². The van der Waals surface area contributed by atoms with Crippen molar-refractivity contribution in [3.63, 3.8) is 0 Å². The van der Waals surface area contributed by atoms with Crippen LogP contribution in [0.4, 0.5) is 0 Å². The average Bonchev–Trinajstić information content (AvgIpc) is 2.63. The summed E-state index contributed by atoms with van der Waals surface area (Å²) in [6.45, 7) is 0. The molecule has 1 aliphatic rings. The van der Waals surface area contributed by atoms with Crippen LogP contribution in [0.5, 0.6) is 0 Å². The molecule has 0 spiro atoms. The van der Waals surface area contributed by atoms with Crippen LogP contribution in [0.2, 0.25) is 0 Å². The molecule has 0 saturated carbocycles. The van der Waals surface area contributed by atoms with Gasteiger partial charge in [0.05, 0.1) is 0 Å². The molecule has 1 fully saturated rings. The van der Waals surface area contributed by atoms with Gasteiger partial charge in [-0.1, -0.05) is 0 Å². The number of hydrogen-bond donors (Lipinski definition) is 2. The average molecular weight is 162 g/mol. The zero-order chi connectivity index (χ0) is 8.39. The molecule has 0 unspecified atom stereocenters. The van der Waals surface area contributed by atoms with Crippen LogP contribution >= 0.6 is 0 Å². The Labute approximate surface area is 70.5 Å². The summed E-state index contributed by atoms with van der Waals surface area (Å²) >= 11 is 0. The zero-order valence-electron chi connectivity index (χ0n) is 6.63. The van der Waals surface area contributed by atoms with Gasteiger partial charge in [-0.3, -0.25) is 4.79 Å². The van der Waals surface area contributed by atoms with Gasteiger partial charge in [-0.05, 0) is 24.6 Å². The lowest BCUT2D eigenvalue weighted by molar-refractivity contribution is -0.118. The maximum absolute atomic E-state index is 10.8. The van der Waals surface area contributed by atoms with Crippen molar-refractivity contribution < 1.29 is 4.79 Å². The number of carbonyl (C=O) groups excluding carboxylic acids is 1.